The number of rotatable bonds is 3. The number of β-amino-alcohol motifs (C(OH)–C–C–N with tert-alkyl or cyclic N) is 1. The topological polar surface area (TPSA) is 40.5 Å². The molecule has 1 aromatic rings. The number of carbonyl (C=O) groups excluding carboxylic acids is 1. The van der Waals surface area contributed by atoms with Gasteiger partial charge in [0.15, 0.2) is 0 Å². The summed E-state index contributed by atoms with van der Waals surface area (Å²) in [6.07, 6.45) is -0.467. The number of aliphatic hydroxyl groups is 1. The molecule has 0 unspecified atom stereocenters. The van der Waals surface area contributed by atoms with Crippen LogP contribution in [-0.4, -0.2) is 34.3 Å². The molecule has 3 nitrogen and oxygen atoms in total. The van der Waals surface area contributed by atoms with Gasteiger partial charge >= 0.3 is 0 Å². The van der Waals surface area contributed by atoms with Crippen molar-refractivity contribution in [2.75, 3.05) is 12.3 Å². The van der Waals surface area contributed by atoms with E-state index >= 15 is 0 Å². The molecule has 5 heteroatoms. The van der Waals surface area contributed by atoms with Gasteiger partial charge in [0.1, 0.15) is 5.37 Å². The van der Waals surface area contributed by atoms with Gasteiger partial charge in [0, 0.05) is 11.4 Å². The predicted molar refractivity (Wildman–Crippen MR) is 67.6 cm³/mol. The Morgan fingerprint density at radius 1 is 1.69 bits per heavy atom. The van der Waals surface area contributed by atoms with Crippen molar-refractivity contribution >= 4 is 29.0 Å². The first-order chi connectivity index (χ1) is 7.59. The quantitative estimate of drug-likeness (QED) is 0.900. The average Bonchev–Trinajstić information content (AvgIpc) is 2.75. The van der Waals surface area contributed by atoms with Crippen LogP contribution in [0.4, 0.5) is 0 Å². The molecule has 1 aliphatic rings. The molecule has 0 radical (unpaired) electrons. The van der Waals surface area contributed by atoms with Crippen molar-refractivity contribution in [3.8, 4) is 0 Å². The smallest absolute Gasteiger partial charge is 0.233 e. The zero-order chi connectivity index (χ0) is 11.7. The Morgan fingerprint density at radius 3 is 3.00 bits per heavy atom. The van der Waals surface area contributed by atoms with E-state index in [2.05, 4.69) is 18.4 Å². The monoisotopic (exact) mass is 257 g/mol. The second-order valence-electron chi connectivity index (χ2n) is 4.03. The maximum atomic E-state index is 11.7. The molecule has 1 aromatic heterocycles. The highest BCUT2D eigenvalue weighted by Crippen LogP contribution is 2.42. The molecule has 0 aromatic carbocycles. The van der Waals surface area contributed by atoms with Gasteiger partial charge in [-0.05, 0) is 30.9 Å². The number of carbonyl (C=O) groups is 1. The van der Waals surface area contributed by atoms with Gasteiger partial charge in [0.25, 0.3) is 0 Å². The maximum absolute atomic E-state index is 11.7. The largest absolute Gasteiger partial charge is 0.392 e. The summed E-state index contributed by atoms with van der Waals surface area (Å²) in [6.45, 7) is 4.21. The van der Waals surface area contributed by atoms with E-state index in [-0.39, 0.29) is 11.3 Å². The van der Waals surface area contributed by atoms with Crippen LogP contribution < -0.4 is 0 Å². The first kappa shape index (κ1) is 12.0. The molecule has 0 aliphatic carbocycles. The van der Waals surface area contributed by atoms with Crippen molar-refractivity contribution in [1.82, 2.24) is 4.90 Å². The van der Waals surface area contributed by atoms with Gasteiger partial charge in [0.05, 0.1) is 11.9 Å². The fraction of sp³-hybridized carbons (Fsp3) is 0.545. The second kappa shape index (κ2) is 4.77. The highest BCUT2D eigenvalue weighted by molar-refractivity contribution is 8.00. The van der Waals surface area contributed by atoms with Crippen LogP contribution in [0.25, 0.3) is 0 Å². The molecule has 16 heavy (non-hydrogen) atoms. The molecule has 2 rings (SSSR count). The summed E-state index contributed by atoms with van der Waals surface area (Å²) in [6, 6.07) is 2.07. The van der Waals surface area contributed by atoms with Gasteiger partial charge in [-0.25, -0.2) is 0 Å². The van der Waals surface area contributed by atoms with Crippen LogP contribution in [0.1, 0.15) is 22.7 Å². The number of hydrogen-bond acceptors (Lipinski definition) is 4. The predicted octanol–water partition coefficient (Wildman–Crippen LogP) is 2.01. The van der Waals surface area contributed by atoms with Crippen LogP contribution in [0.5, 0.6) is 0 Å². The van der Waals surface area contributed by atoms with Crippen LogP contribution in [0.2, 0.25) is 0 Å². The number of amides is 1. The van der Waals surface area contributed by atoms with E-state index in [1.165, 1.54) is 10.4 Å². The lowest BCUT2D eigenvalue weighted by atomic mass is 10.2. The van der Waals surface area contributed by atoms with Crippen LogP contribution in [0.3, 0.4) is 0 Å². The molecule has 2 heterocycles. The highest BCUT2D eigenvalue weighted by atomic mass is 32.2. The lowest BCUT2D eigenvalue weighted by molar-refractivity contribution is -0.129. The Morgan fingerprint density at radius 2 is 2.44 bits per heavy atom. The molecule has 1 amide bonds. The third kappa shape index (κ3) is 2.26. The maximum Gasteiger partial charge on any atom is 0.233 e. The van der Waals surface area contributed by atoms with E-state index in [9.17, 15) is 9.90 Å². The third-order valence-corrected chi connectivity index (χ3v) is 5.00. The number of hydrogen-bond donors (Lipinski definition) is 1. The van der Waals surface area contributed by atoms with E-state index < -0.39 is 6.10 Å². The molecule has 1 saturated heterocycles. The number of thioether (sulfide) groups is 1. The van der Waals surface area contributed by atoms with Crippen molar-refractivity contribution in [2.45, 2.75) is 25.3 Å². The first-order valence-electron chi connectivity index (χ1n) is 5.22. The Bertz CT molecular complexity index is 389. The Labute approximate surface area is 103 Å². The summed E-state index contributed by atoms with van der Waals surface area (Å²) in [5.41, 5.74) is 1.23. The SMILES string of the molecule is Cc1ccsc1[C@H]1SCC(=O)N1C[C@H](C)O. The lowest BCUT2D eigenvalue weighted by Crippen LogP contribution is -2.34. The van der Waals surface area contributed by atoms with Crippen molar-refractivity contribution in [1.29, 1.82) is 0 Å². The van der Waals surface area contributed by atoms with E-state index in [1.54, 1.807) is 34.9 Å². The van der Waals surface area contributed by atoms with Crippen LogP contribution in [0, 0.1) is 6.92 Å². The van der Waals surface area contributed by atoms with Crippen LogP contribution in [-0.2, 0) is 4.79 Å². The zero-order valence-electron chi connectivity index (χ0n) is 9.34. The molecule has 0 bridgehead atoms. The second-order valence-corrected chi connectivity index (χ2v) is 6.04. The van der Waals surface area contributed by atoms with Crippen molar-refractivity contribution in [3.05, 3.63) is 21.9 Å². The highest BCUT2D eigenvalue weighted by Gasteiger charge is 2.34. The van der Waals surface area contributed by atoms with E-state index in [4.69, 9.17) is 0 Å². The molecular weight excluding hydrogens is 242 g/mol. The normalized spacial score (nSPS) is 22.8. The van der Waals surface area contributed by atoms with Crippen molar-refractivity contribution in [3.63, 3.8) is 0 Å². The molecule has 88 valence electrons. The average molecular weight is 257 g/mol. The minimum absolute atomic E-state index is 0.0992. The van der Waals surface area contributed by atoms with Gasteiger partial charge in [-0.3, -0.25) is 4.79 Å². The number of nitrogens with zero attached hydrogens (tertiary/aromatic N) is 1. The van der Waals surface area contributed by atoms with Crippen molar-refractivity contribution in [2.24, 2.45) is 0 Å². The minimum atomic E-state index is -0.467. The lowest BCUT2D eigenvalue weighted by Gasteiger charge is -2.24. The van der Waals surface area contributed by atoms with Crippen LogP contribution >= 0.6 is 23.1 Å². The van der Waals surface area contributed by atoms with Gasteiger partial charge in [-0.15, -0.1) is 23.1 Å². The Balaban J connectivity index is 2.21. The minimum Gasteiger partial charge on any atom is -0.392 e. The van der Waals surface area contributed by atoms with Gasteiger partial charge in [-0.1, -0.05) is 0 Å². The molecule has 1 aliphatic heterocycles. The zero-order valence-corrected chi connectivity index (χ0v) is 11.0. The number of aliphatic hydroxyl groups excluding tert-OH is 1. The molecule has 1 fully saturated rings. The fourth-order valence-electron chi connectivity index (χ4n) is 1.79. The Kier molecular flexibility index (Phi) is 3.56. The summed E-state index contributed by atoms with van der Waals surface area (Å²) < 4.78 is 0. The van der Waals surface area contributed by atoms with E-state index in [0.717, 1.165) is 0 Å². The van der Waals surface area contributed by atoms with E-state index in [1.807, 2.05) is 0 Å². The molecule has 0 spiro atoms. The molecular formula is C11H15NO2S2. The third-order valence-electron chi connectivity index (χ3n) is 2.56. The summed E-state index contributed by atoms with van der Waals surface area (Å²) in [5.74, 6) is 0.651. The standard InChI is InChI=1S/C11H15NO2S2/c1-7-3-4-15-10(7)11-12(5-8(2)13)9(14)6-16-11/h3-4,8,11,13H,5-6H2,1-2H3/t8-,11+/m0/s1. The van der Waals surface area contributed by atoms with Crippen LogP contribution in [0.15, 0.2) is 11.4 Å². The van der Waals surface area contributed by atoms with Crippen molar-refractivity contribution < 1.29 is 9.90 Å². The fourth-order valence-corrected chi connectivity index (χ4v) is 4.27. The Hall–Kier alpha value is -0.520. The number of aryl methyl sites for hydroxylation is 1. The number of thiophene rings is 1. The first-order valence-corrected chi connectivity index (χ1v) is 7.15. The van der Waals surface area contributed by atoms with Gasteiger partial charge in [0.2, 0.25) is 5.91 Å². The summed E-state index contributed by atoms with van der Waals surface area (Å²) in [7, 11) is 0. The molecule has 1 N–H and O–H groups in total. The molecule has 0 saturated carbocycles. The summed E-state index contributed by atoms with van der Waals surface area (Å²) in [4.78, 5) is 14.7. The van der Waals surface area contributed by atoms with Gasteiger partial charge in [-0.2, -0.15) is 0 Å². The summed E-state index contributed by atoms with van der Waals surface area (Å²) >= 11 is 3.33. The van der Waals surface area contributed by atoms with Gasteiger partial charge < -0.3 is 10.0 Å². The van der Waals surface area contributed by atoms with E-state index in [0.29, 0.717) is 12.3 Å². The molecule has 2 atom stereocenters. The summed E-state index contributed by atoms with van der Waals surface area (Å²) in [5, 5.41) is 11.6.